The number of benzene rings is 1. The van der Waals surface area contributed by atoms with Crippen LogP contribution in [0.1, 0.15) is 27.0 Å². The van der Waals surface area contributed by atoms with Gasteiger partial charge in [0, 0.05) is 9.75 Å². The van der Waals surface area contributed by atoms with Gasteiger partial charge in [0.1, 0.15) is 0 Å². The predicted molar refractivity (Wildman–Crippen MR) is 83.6 cm³/mol. The van der Waals surface area contributed by atoms with Crippen LogP contribution in [-0.2, 0) is 9.53 Å². The first kappa shape index (κ1) is 18.0. The van der Waals surface area contributed by atoms with Gasteiger partial charge in [0.2, 0.25) is 0 Å². The van der Waals surface area contributed by atoms with E-state index in [0.29, 0.717) is 11.6 Å². The summed E-state index contributed by atoms with van der Waals surface area (Å²) in [6.07, 6.45) is -1.25. The molecular formula is C16H14F3NO3S. The van der Waals surface area contributed by atoms with E-state index in [1.165, 1.54) is 18.3 Å². The molecule has 0 aliphatic heterocycles. The first-order valence-electron chi connectivity index (χ1n) is 6.93. The average Bonchev–Trinajstić information content (AvgIpc) is 2.86. The van der Waals surface area contributed by atoms with Gasteiger partial charge >= 0.3 is 5.97 Å². The molecule has 1 amide bonds. The Hall–Kier alpha value is -2.35. The lowest BCUT2D eigenvalue weighted by atomic mass is 10.2. The summed E-state index contributed by atoms with van der Waals surface area (Å²) in [5.74, 6) is -6.13. The second kappa shape index (κ2) is 7.04. The number of carbonyl (C=O) groups is 2. The molecule has 2 aromatic rings. The number of rotatable bonds is 4. The highest BCUT2D eigenvalue weighted by atomic mass is 32.1. The zero-order chi connectivity index (χ0) is 18.0. The molecule has 0 bridgehead atoms. The van der Waals surface area contributed by atoms with Gasteiger partial charge in [0.25, 0.3) is 5.91 Å². The van der Waals surface area contributed by atoms with Gasteiger partial charge < -0.3 is 10.1 Å². The van der Waals surface area contributed by atoms with Gasteiger partial charge in [-0.25, -0.2) is 18.0 Å². The number of amides is 1. The van der Waals surface area contributed by atoms with E-state index in [4.69, 9.17) is 4.74 Å². The summed E-state index contributed by atoms with van der Waals surface area (Å²) in [5.41, 5.74) is -0.194. The Morgan fingerprint density at radius 2 is 1.83 bits per heavy atom. The molecule has 4 nitrogen and oxygen atoms in total. The topological polar surface area (TPSA) is 55.4 Å². The third kappa shape index (κ3) is 3.76. The van der Waals surface area contributed by atoms with Crippen LogP contribution in [0.15, 0.2) is 18.2 Å². The minimum atomic E-state index is -1.69. The summed E-state index contributed by atoms with van der Waals surface area (Å²) in [6.45, 7) is 4.87. The molecule has 0 saturated heterocycles. The highest BCUT2D eigenvalue weighted by Gasteiger charge is 2.23. The van der Waals surface area contributed by atoms with Crippen LogP contribution in [0.2, 0.25) is 0 Å². The molecule has 2 rings (SSSR count). The largest absolute Gasteiger partial charge is 0.449 e. The maximum absolute atomic E-state index is 13.5. The average molecular weight is 357 g/mol. The minimum absolute atomic E-state index is 0.344. The number of nitrogens with one attached hydrogen (secondary N) is 1. The molecule has 24 heavy (non-hydrogen) atoms. The molecule has 0 spiro atoms. The van der Waals surface area contributed by atoms with E-state index >= 15 is 0 Å². The Bertz CT molecular complexity index is 804. The Morgan fingerprint density at radius 3 is 2.42 bits per heavy atom. The standard InChI is InChI=1S/C16H14F3NO3S/c1-7-6-10(9(3)24-7)16(22)23-8(2)15(21)20-12-5-4-11(17)13(18)14(12)19/h4-6,8H,1-3H3,(H,20,21)/t8-/m0/s1. The van der Waals surface area contributed by atoms with Crippen molar-refractivity contribution in [1.29, 1.82) is 0 Å². The molecule has 0 radical (unpaired) electrons. The van der Waals surface area contributed by atoms with Gasteiger partial charge in [0.05, 0.1) is 11.3 Å². The van der Waals surface area contributed by atoms with Crippen LogP contribution in [-0.4, -0.2) is 18.0 Å². The normalized spacial score (nSPS) is 11.9. The molecule has 0 unspecified atom stereocenters. The fourth-order valence-corrected chi connectivity index (χ4v) is 2.88. The number of aryl methyl sites for hydroxylation is 2. The molecular weight excluding hydrogens is 343 g/mol. The van der Waals surface area contributed by atoms with Gasteiger partial charge in [-0.15, -0.1) is 11.3 Å². The molecule has 128 valence electrons. The number of hydrogen-bond acceptors (Lipinski definition) is 4. The van der Waals surface area contributed by atoms with E-state index in [-0.39, 0.29) is 0 Å². The van der Waals surface area contributed by atoms with Crippen LogP contribution in [0.3, 0.4) is 0 Å². The highest BCUT2D eigenvalue weighted by molar-refractivity contribution is 7.12. The molecule has 1 atom stereocenters. The Kier molecular flexibility index (Phi) is 5.28. The first-order chi connectivity index (χ1) is 11.2. The molecule has 1 heterocycles. The van der Waals surface area contributed by atoms with Crippen molar-refractivity contribution >= 4 is 28.9 Å². The maximum atomic E-state index is 13.5. The van der Waals surface area contributed by atoms with Crippen molar-refractivity contribution in [3.05, 3.63) is 51.0 Å². The quantitative estimate of drug-likeness (QED) is 0.665. The van der Waals surface area contributed by atoms with Crippen LogP contribution < -0.4 is 5.32 Å². The Balaban J connectivity index is 2.06. The summed E-state index contributed by atoms with van der Waals surface area (Å²) >= 11 is 1.41. The fourth-order valence-electron chi connectivity index (χ4n) is 1.97. The van der Waals surface area contributed by atoms with Crippen LogP contribution in [0.25, 0.3) is 0 Å². The predicted octanol–water partition coefficient (Wildman–Crippen LogP) is 3.97. The number of hydrogen-bond donors (Lipinski definition) is 1. The number of thiophene rings is 1. The molecule has 0 saturated carbocycles. The van der Waals surface area contributed by atoms with Gasteiger partial charge in [-0.05, 0) is 39.0 Å². The van der Waals surface area contributed by atoms with Crippen molar-refractivity contribution in [2.24, 2.45) is 0 Å². The third-order valence-electron chi connectivity index (χ3n) is 3.21. The summed E-state index contributed by atoms with van der Waals surface area (Å²) in [6, 6.07) is 3.21. The molecule has 0 fully saturated rings. The molecule has 0 aliphatic rings. The molecule has 8 heteroatoms. The molecule has 1 aromatic heterocycles. The zero-order valence-corrected chi connectivity index (χ0v) is 13.9. The monoisotopic (exact) mass is 357 g/mol. The number of esters is 1. The Labute approximate surface area is 140 Å². The SMILES string of the molecule is Cc1cc(C(=O)O[C@@H](C)C(=O)Nc2ccc(F)c(F)c2F)c(C)s1. The van der Waals surface area contributed by atoms with Crippen LogP contribution >= 0.6 is 11.3 Å². The highest BCUT2D eigenvalue weighted by Crippen LogP contribution is 2.22. The zero-order valence-electron chi connectivity index (χ0n) is 13.1. The number of anilines is 1. The van der Waals surface area contributed by atoms with Crippen LogP contribution in [0.4, 0.5) is 18.9 Å². The fraction of sp³-hybridized carbons (Fsp3) is 0.250. The van der Waals surface area contributed by atoms with Gasteiger partial charge in [0.15, 0.2) is 23.6 Å². The minimum Gasteiger partial charge on any atom is -0.449 e. The van der Waals surface area contributed by atoms with Crippen molar-refractivity contribution < 1.29 is 27.5 Å². The van der Waals surface area contributed by atoms with E-state index in [9.17, 15) is 22.8 Å². The summed E-state index contributed by atoms with van der Waals surface area (Å²) < 4.78 is 44.6. The lowest BCUT2D eigenvalue weighted by Gasteiger charge is -2.14. The second-order valence-corrected chi connectivity index (χ2v) is 6.55. The number of halogens is 3. The van der Waals surface area contributed by atoms with E-state index in [1.807, 2.05) is 6.92 Å². The van der Waals surface area contributed by atoms with E-state index in [1.54, 1.807) is 13.0 Å². The number of ether oxygens (including phenoxy) is 1. The lowest BCUT2D eigenvalue weighted by Crippen LogP contribution is -2.30. The van der Waals surface area contributed by atoms with Crippen molar-refractivity contribution in [3.8, 4) is 0 Å². The van der Waals surface area contributed by atoms with E-state index < -0.39 is 41.1 Å². The van der Waals surface area contributed by atoms with E-state index in [0.717, 1.165) is 15.8 Å². The van der Waals surface area contributed by atoms with Crippen LogP contribution in [0, 0.1) is 31.3 Å². The van der Waals surface area contributed by atoms with Gasteiger partial charge in [-0.3, -0.25) is 4.79 Å². The third-order valence-corrected chi connectivity index (χ3v) is 4.17. The van der Waals surface area contributed by atoms with Crippen molar-refractivity contribution in [2.75, 3.05) is 5.32 Å². The van der Waals surface area contributed by atoms with Gasteiger partial charge in [-0.2, -0.15) is 0 Å². The summed E-state index contributed by atoms with van der Waals surface area (Å²) in [7, 11) is 0. The number of carbonyl (C=O) groups excluding carboxylic acids is 2. The van der Waals surface area contributed by atoms with Crippen LogP contribution in [0.5, 0.6) is 0 Å². The summed E-state index contributed by atoms with van der Waals surface area (Å²) in [5, 5.41) is 2.06. The molecule has 1 aromatic carbocycles. The van der Waals surface area contributed by atoms with Crippen molar-refractivity contribution in [2.45, 2.75) is 26.9 Å². The smallest absolute Gasteiger partial charge is 0.340 e. The second-order valence-electron chi connectivity index (χ2n) is 5.09. The van der Waals surface area contributed by atoms with Gasteiger partial charge in [-0.1, -0.05) is 0 Å². The van der Waals surface area contributed by atoms with Crippen molar-refractivity contribution in [3.63, 3.8) is 0 Å². The lowest BCUT2D eigenvalue weighted by molar-refractivity contribution is -0.123. The molecule has 0 aliphatic carbocycles. The van der Waals surface area contributed by atoms with Crippen molar-refractivity contribution in [1.82, 2.24) is 0 Å². The van der Waals surface area contributed by atoms with E-state index in [2.05, 4.69) is 5.32 Å². The Morgan fingerprint density at radius 1 is 1.17 bits per heavy atom. The summed E-state index contributed by atoms with van der Waals surface area (Å²) in [4.78, 5) is 25.6. The first-order valence-corrected chi connectivity index (χ1v) is 7.74. The maximum Gasteiger partial charge on any atom is 0.340 e. The molecule has 1 N–H and O–H groups in total.